The maximum absolute atomic E-state index is 10.8. The van der Waals surface area contributed by atoms with Crippen molar-refractivity contribution in [3.05, 3.63) is 17.8 Å². The smallest absolute Gasteiger partial charge is 0.226 e. The van der Waals surface area contributed by atoms with Crippen molar-refractivity contribution >= 4 is 23.4 Å². The Bertz CT molecular complexity index is 938. The van der Waals surface area contributed by atoms with Crippen molar-refractivity contribution in [2.24, 2.45) is 17.8 Å². The summed E-state index contributed by atoms with van der Waals surface area (Å²) < 4.78 is 5.53. The molecule has 2 saturated carbocycles. The summed E-state index contributed by atoms with van der Waals surface area (Å²) in [5.74, 6) is 4.51. The van der Waals surface area contributed by atoms with Crippen LogP contribution in [0.1, 0.15) is 45.2 Å². The molecule has 3 aliphatic rings. The number of aliphatic hydroxyl groups is 1. The molecule has 0 aromatic carbocycles. The predicted molar refractivity (Wildman–Crippen MR) is 124 cm³/mol. The van der Waals surface area contributed by atoms with Gasteiger partial charge in [-0.15, -0.1) is 0 Å². The number of hydrogen-bond donors (Lipinski definition) is 4. The topological polar surface area (TPSA) is 111 Å². The molecular formula is C23H35N7O2. The number of nitrogens with zero attached hydrogens (tertiary/aromatic N) is 4. The van der Waals surface area contributed by atoms with Crippen LogP contribution < -0.4 is 15.5 Å². The van der Waals surface area contributed by atoms with Gasteiger partial charge in [0.25, 0.3) is 0 Å². The van der Waals surface area contributed by atoms with E-state index in [0.29, 0.717) is 42.7 Å². The average Bonchev–Trinajstić information content (AvgIpc) is 3.15. The predicted octanol–water partition coefficient (Wildman–Crippen LogP) is 3.08. The fourth-order valence-corrected chi connectivity index (χ4v) is 5.99. The Balaban J connectivity index is 1.42. The summed E-state index contributed by atoms with van der Waals surface area (Å²) in [6, 6.07) is 4.18. The van der Waals surface area contributed by atoms with Crippen LogP contribution in [0.25, 0.3) is 0 Å². The zero-order valence-corrected chi connectivity index (χ0v) is 19.3. The van der Waals surface area contributed by atoms with Crippen molar-refractivity contribution in [1.29, 1.82) is 0 Å². The summed E-state index contributed by atoms with van der Waals surface area (Å²) in [6.45, 7) is 9.30. The fourth-order valence-electron chi connectivity index (χ4n) is 5.99. The standard InChI is InChI=1S/C23H35N7O2/c1-14-8-16-10-17(13-23(3,31)12-16)21(14)27-22-25-18(24-19-9-15(2)28-29-19)11-20(26-22)30-4-6-32-7-5-30/h9,11,14,16-17,21,31H,4-8,10,12-13H2,1-3H3,(H3,24,25,26,27,28,29). The number of aryl methyl sites for hydroxylation is 1. The van der Waals surface area contributed by atoms with Gasteiger partial charge in [0, 0.05) is 37.0 Å². The Morgan fingerprint density at radius 2 is 1.97 bits per heavy atom. The molecule has 2 aromatic rings. The van der Waals surface area contributed by atoms with E-state index in [2.05, 4.69) is 32.7 Å². The molecule has 174 valence electrons. The van der Waals surface area contributed by atoms with Crippen LogP contribution in [0.4, 0.5) is 23.4 Å². The van der Waals surface area contributed by atoms with E-state index < -0.39 is 5.60 Å². The SMILES string of the molecule is Cc1cc(Nc2cc(N3CCOCC3)nc(NC3C(C)CC4CC3CC(C)(O)C4)n2)n[nH]1. The minimum Gasteiger partial charge on any atom is -0.390 e. The zero-order valence-electron chi connectivity index (χ0n) is 19.3. The van der Waals surface area contributed by atoms with E-state index >= 15 is 0 Å². The van der Waals surface area contributed by atoms with Crippen LogP contribution in [-0.2, 0) is 4.74 Å². The molecule has 1 aliphatic heterocycles. The molecule has 5 rings (SSSR count). The summed E-state index contributed by atoms with van der Waals surface area (Å²) in [6.07, 6.45) is 4.04. The van der Waals surface area contributed by atoms with Crippen LogP contribution in [0.5, 0.6) is 0 Å². The van der Waals surface area contributed by atoms with Gasteiger partial charge in [0.15, 0.2) is 5.82 Å². The van der Waals surface area contributed by atoms with Crippen molar-refractivity contribution < 1.29 is 9.84 Å². The second kappa shape index (κ2) is 8.51. The van der Waals surface area contributed by atoms with Gasteiger partial charge in [-0.2, -0.15) is 15.1 Å². The van der Waals surface area contributed by atoms with Gasteiger partial charge in [-0.25, -0.2) is 0 Å². The molecule has 4 N–H and O–H groups in total. The molecule has 1 saturated heterocycles. The van der Waals surface area contributed by atoms with Crippen LogP contribution in [0, 0.1) is 24.7 Å². The van der Waals surface area contributed by atoms with E-state index in [1.807, 2.05) is 26.0 Å². The number of H-pyrrole nitrogens is 1. The highest BCUT2D eigenvalue weighted by Gasteiger charge is 2.45. The highest BCUT2D eigenvalue weighted by molar-refractivity contribution is 5.60. The van der Waals surface area contributed by atoms with E-state index in [-0.39, 0.29) is 6.04 Å². The summed E-state index contributed by atoms with van der Waals surface area (Å²) in [4.78, 5) is 11.9. The second-order valence-electron chi connectivity index (χ2n) is 10.2. The summed E-state index contributed by atoms with van der Waals surface area (Å²) in [5.41, 5.74) is 0.414. The third kappa shape index (κ3) is 4.68. The van der Waals surface area contributed by atoms with Crippen LogP contribution in [0.15, 0.2) is 12.1 Å². The third-order valence-corrected chi connectivity index (χ3v) is 7.20. The number of fused-ring (bicyclic) bond motifs is 2. The van der Waals surface area contributed by atoms with E-state index in [4.69, 9.17) is 14.7 Å². The van der Waals surface area contributed by atoms with Gasteiger partial charge in [0.05, 0.1) is 18.8 Å². The maximum Gasteiger partial charge on any atom is 0.226 e. The van der Waals surface area contributed by atoms with Crippen molar-refractivity contribution in [1.82, 2.24) is 20.2 Å². The third-order valence-electron chi connectivity index (χ3n) is 7.20. The Labute approximate surface area is 189 Å². The molecule has 3 heterocycles. The Morgan fingerprint density at radius 1 is 1.16 bits per heavy atom. The first-order valence-corrected chi connectivity index (χ1v) is 11.8. The summed E-state index contributed by atoms with van der Waals surface area (Å²) >= 11 is 0. The highest BCUT2D eigenvalue weighted by Crippen LogP contribution is 2.47. The molecule has 32 heavy (non-hydrogen) atoms. The van der Waals surface area contributed by atoms with Gasteiger partial charge in [0.2, 0.25) is 5.95 Å². The normalized spacial score (nSPS) is 32.6. The zero-order chi connectivity index (χ0) is 22.3. The number of aromatic nitrogens is 4. The lowest BCUT2D eigenvalue weighted by atomic mass is 9.61. The molecule has 0 spiro atoms. The molecule has 3 fully saturated rings. The maximum atomic E-state index is 10.8. The van der Waals surface area contributed by atoms with Crippen LogP contribution in [0.2, 0.25) is 0 Å². The minimum atomic E-state index is -0.575. The number of aromatic amines is 1. The van der Waals surface area contributed by atoms with Gasteiger partial charge in [-0.3, -0.25) is 5.10 Å². The van der Waals surface area contributed by atoms with Crippen LogP contribution in [0.3, 0.4) is 0 Å². The minimum absolute atomic E-state index is 0.249. The monoisotopic (exact) mass is 441 g/mol. The quantitative estimate of drug-likeness (QED) is 0.560. The second-order valence-corrected chi connectivity index (χ2v) is 10.2. The average molecular weight is 442 g/mol. The van der Waals surface area contributed by atoms with Crippen LogP contribution >= 0.6 is 0 Å². The molecular weight excluding hydrogens is 406 g/mol. The van der Waals surface area contributed by atoms with Gasteiger partial charge in [-0.1, -0.05) is 6.92 Å². The first kappa shape index (κ1) is 21.5. The van der Waals surface area contributed by atoms with Crippen LogP contribution in [-0.4, -0.2) is 63.2 Å². The molecule has 2 aliphatic carbocycles. The lowest BCUT2D eigenvalue weighted by molar-refractivity contribution is -0.0502. The van der Waals surface area contributed by atoms with E-state index in [9.17, 15) is 5.11 Å². The summed E-state index contributed by atoms with van der Waals surface area (Å²) in [7, 11) is 0. The van der Waals surface area contributed by atoms with Crippen molar-refractivity contribution in [3.8, 4) is 0 Å². The number of nitrogens with one attached hydrogen (secondary N) is 3. The van der Waals surface area contributed by atoms with E-state index in [1.165, 1.54) is 6.42 Å². The number of hydrogen-bond acceptors (Lipinski definition) is 8. The Kier molecular flexibility index (Phi) is 5.71. The first-order chi connectivity index (χ1) is 15.3. The molecule has 0 amide bonds. The molecule has 0 radical (unpaired) electrons. The van der Waals surface area contributed by atoms with E-state index in [1.54, 1.807) is 0 Å². The number of morpholine rings is 1. The van der Waals surface area contributed by atoms with Crippen molar-refractivity contribution in [2.45, 2.75) is 58.1 Å². The van der Waals surface area contributed by atoms with Gasteiger partial charge in [-0.05, 0) is 57.3 Å². The fraction of sp³-hybridized carbons (Fsp3) is 0.696. The number of anilines is 4. The van der Waals surface area contributed by atoms with Crippen molar-refractivity contribution in [3.63, 3.8) is 0 Å². The molecule has 9 nitrogen and oxygen atoms in total. The lowest BCUT2D eigenvalue weighted by Gasteiger charge is -2.49. The Hall–Kier alpha value is -2.39. The molecule has 5 atom stereocenters. The largest absolute Gasteiger partial charge is 0.390 e. The molecule has 9 heteroatoms. The Morgan fingerprint density at radius 3 is 2.72 bits per heavy atom. The van der Waals surface area contributed by atoms with Gasteiger partial charge in [0.1, 0.15) is 11.6 Å². The molecule has 2 aromatic heterocycles. The first-order valence-electron chi connectivity index (χ1n) is 11.8. The van der Waals surface area contributed by atoms with Gasteiger partial charge >= 0.3 is 0 Å². The highest BCUT2D eigenvalue weighted by atomic mass is 16.5. The lowest BCUT2D eigenvalue weighted by Crippen LogP contribution is -2.50. The number of rotatable bonds is 5. The molecule has 5 unspecified atom stereocenters. The van der Waals surface area contributed by atoms with Crippen molar-refractivity contribution in [2.75, 3.05) is 41.8 Å². The van der Waals surface area contributed by atoms with Gasteiger partial charge < -0.3 is 25.4 Å². The summed E-state index contributed by atoms with van der Waals surface area (Å²) in [5, 5.41) is 25.0. The van der Waals surface area contributed by atoms with E-state index in [0.717, 1.165) is 49.7 Å². The molecule has 2 bridgehead atoms. The number of ether oxygens (including phenoxy) is 1.